The molecule has 0 aliphatic carbocycles. The molecule has 0 aromatic rings. The second kappa shape index (κ2) is 15.5. The van der Waals surface area contributed by atoms with Crippen LogP contribution in [0, 0.1) is 0 Å². The van der Waals surface area contributed by atoms with E-state index in [0.717, 1.165) is 0 Å². The van der Waals surface area contributed by atoms with Crippen molar-refractivity contribution in [2.24, 2.45) is 0 Å². The monoisotopic (exact) mass is 308 g/mol. The summed E-state index contributed by atoms with van der Waals surface area (Å²) in [6.07, 6.45) is -0.806. The zero-order valence-electron chi connectivity index (χ0n) is 6.93. The summed E-state index contributed by atoms with van der Waals surface area (Å²) in [4.78, 5) is 18.9. The number of carbonyl (C=O) groups is 2. The molecule has 0 heterocycles. The third-order valence-electron chi connectivity index (χ3n) is 0.302. The molecule has 0 aromatic carbocycles. The molecule has 0 rings (SSSR count). The van der Waals surface area contributed by atoms with Crippen LogP contribution >= 0.6 is 0 Å². The van der Waals surface area contributed by atoms with Gasteiger partial charge in [0.25, 0.3) is 0 Å². The van der Waals surface area contributed by atoms with E-state index in [1.165, 1.54) is 0 Å². The van der Waals surface area contributed by atoms with Gasteiger partial charge in [0.2, 0.25) is 0 Å². The zero-order chi connectivity index (χ0) is 9.44. The first kappa shape index (κ1) is 23.7. The van der Waals surface area contributed by atoms with Gasteiger partial charge in [-0.15, -0.1) is 0 Å². The summed E-state index contributed by atoms with van der Waals surface area (Å²) in [5.74, 6) is -2.62. The Morgan fingerprint density at radius 2 is 1.23 bits per heavy atom. The van der Waals surface area contributed by atoms with E-state index in [-0.39, 0.29) is 67.7 Å². The van der Waals surface area contributed by atoms with Gasteiger partial charge in [-0.05, 0) is 0 Å². The van der Waals surface area contributed by atoms with Crippen LogP contribution in [0.15, 0.2) is 0 Å². The van der Waals surface area contributed by atoms with Gasteiger partial charge in [0.05, 0.1) is 0 Å². The van der Waals surface area contributed by atoms with Gasteiger partial charge in [0, 0.05) is 0 Å². The van der Waals surface area contributed by atoms with Crippen LogP contribution in [0.25, 0.3) is 0 Å². The van der Waals surface area contributed by atoms with E-state index in [1.807, 2.05) is 0 Å². The maximum atomic E-state index is 9.43. The van der Waals surface area contributed by atoms with Crippen molar-refractivity contribution in [3.8, 4) is 0 Å². The fraction of sp³-hybridized carbons (Fsp3) is 0.333. The molecule has 0 amide bonds. The van der Waals surface area contributed by atoms with Crippen molar-refractivity contribution in [3.63, 3.8) is 0 Å². The van der Waals surface area contributed by atoms with E-state index in [0.29, 0.717) is 0 Å². The van der Waals surface area contributed by atoms with Crippen LogP contribution in [-0.2, 0) is 9.59 Å². The molecule has 0 saturated carbocycles. The normalized spacial score (nSPS) is 6.38. The average molecular weight is 307 g/mol. The van der Waals surface area contributed by atoms with Gasteiger partial charge in [-0.3, -0.25) is 16.9 Å². The van der Waals surface area contributed by atoms with E-state index in [4.69, 9.17) is 25.3 Å². The minimum atomic E-state index is -2.92. The van der Waals surface area contributed by atoms with Gasteiger partial charge in [-0.25, -0.2) is 0 Å². The molecule has 0 bridgehead atoms. The molecule has 13 heavy (non-hydrogen) atoms. The topological polar surface area (TPSA) is 144 Å². The molecule has 7 nitrogen and oxygen atoms in total. The Balaban J connectivity index is -0.0000000600. The summed E-state index contributed by atoms with van der Waals surface area (Å²) in [5, 5.41) is 40.7. The quantitative estimate of drug-likeness (QED) is 0.381. The minimum absolute atomic E-state index is 0. The number of rotatable bonds is 2. The van der Waals surface area contributed by atoms with Gasteiger partial charge >= 0.3 is 79.7 Å². The maximum absolute atomic E-state index is 9.43. The molecule has 0 spiro atoms. The molecule has 0 aromatic heterocycles. The fourth-order valence-corrected chi connectivity index (χ4v) is 0.129. The van der Waals surface area contributed by atoms with E-state index < -0.39 is 25.7 Å². The van der Waals surface area contributed by atoms with E-state index in [1.54, 1.807) is 0 Å². The summed E-state index contributed by atoms with van der Waals surface area (Å²) in [6.45, 7) is 0. The molecule has 0 aliphatic heterocycles. The molecule has 0 saturated heterocycles. The molecule has 0 atom stereocenters. The smallest absolute Gasteiger partial charge is 0.907 e. The van der Waals surface area contributed by atoms with Crippen LogP contribution in [0.2, 0.25) is 0 Å². The molecular formula is C3H4BBaLiO7. The van der Waals surface area contributed by atoms with Crippen LogP contribution in [0.5, 0.6) is 0 Å². The maximum Gasteiger partial charge on any atom is 2.00 e. The summed E-state index contributed by atoms with van der Waals surface area (Å²) in [6, 6.07) is 0. The van der Waals surface area contributed by atoms with Crippen LogP contribution in [0.1, 0.15) is 6.42 Å². The summed E-state index contributed by atoms with van der Waals surface area (Å²) >= 11 is 0. The average Bonchev–Trinajstić information content (AvgIpc) is 1.56. The Hall–Kier alpha value is 1.05. The Morgan fingerprint density at radius 1 is 1.08 bits per heavy atom. The van der Waals surface area contributed by atoms with Crippen molar-refractivity contribution in [1.82, 2.24) is 0 Å². The van der Waals surface area contributed by atoms with E-state index >= 15 is 0 Å². The molecule has 64 valence electrons. The van der Waals surface area contributed by atoms with Crippen LogP contribution in [-0.4, -0.2) is 78.4 Å². The van der Waals surface area contributed by atoms with Crippen molar-refractivity contribution in [1.29, 1.82) is 0 Å². The molecule has 0 fully saturated rings. The fourth-order valence-electron chi connectivity index (χ4n) is 0.129. The summed E-state index contributed by atoms with van der Waals surface area (Å²) in [7, 11) is -2.92. The Labute approximate surface area is 127 Å². The largest absolute Gasteiger partial charge is 2.00 e. The Morgan fingerprint density at radius 3 is 1.23 bits per heavy atom. The molecule has 0 radical (unpaired) electrons. The SMILES string of the molecule is O=C(O)CC(=O)O.[Ba+2].[Li+].[O-]B([O-])[O-]. The van der Waals surface area contributed by atoms with E-state index in [9.17, 15) is 9.59 Å². The van der Waals surface area contributed by atoms with Crippen molar-refractivity contribution in [3.05, 3.63) is 0 Å². The minimum Gasteiger partial charge on any atom is -0.907 e. The number of hydrogen-bond acceptors (Lipinski definition) is 5. The van der Waals surface area contributed by atoms with Gasteiger partial charge in [-0.2, -0.15) is 0 Å². The van der Waals surface area contributed by atoms with Gasteiger partial charge in [0.15, 0.2) is 0 Å². The standard InChI is InChI=1S/C3H4O4.BO3.Ba.Li/c4-2(5)1-3(6)7;2-1(3)4;;/h1H2,(H,4,5)(H,6,7);;;/q;-3;+2;+1. The van der Waals surface area contributed by atoms with Crippen molar-refractivity contribution < 1.29 is 53.7 Å². The molecule has 2 N–H and O–H groups in total. The first-order valence-electron chi connectivity index (χ1n) is 2.27. The number of hydrogen-bond donors (Lipinski definition) is 2. The molecular weight excluding hydrogens is 303 g/mol. The summed E-state index contributed by atoms with van der Waals surface area (Å²) < 4.78 is 0. The third kappa shape index (κ3) is 62.4. The number of carboxylic acids is 2. The van der Waals surface area contributed by atoms with Crippen molar-refractivity contribution >= 4 is 68.1 Å². The second-order valence-corrected chi connectivity index (χ2v) is 1.25. The van der Waals surface area contributed by atoms with Gasteiger partial charge in [0.1, 0.15) is 6.42 Å². The Kier molecular flexibility index (Phi) is 28.3. The van der Waals surface area contributed by atoms with Gasteiger partial charge < -0.3 is 25.3 Å². The first-order chi connectivity index (χ1) is 4.86. The molecule has 0 unspecified atom stereocenters. The van der Waals surface area contributed by atoms with Crippen LogP contribution < -0.4 is 33.9 Å². The van der Waals surface area contributed by atoms with Crippen LogP contribution in [0.4, 0.5) is 0 Å². The summed E-state index contributed by atoms with van der Waals surface area (Å²) in [5.41, 5.74) is 0. The van der Waals surface area contributed by atoms with Crippen molar-refractivity contribution in [2.45, 2.75) is 6.42 Å². The van der Waals surface area contributed by atoms with Gasteiger partial charge in [-0.1, -0.05) is 0 Å². The van der Waals surface area contributed by atoms with Crippen LogP contribution in [0.3, 0.4) is 0 Å². The van der Waals surface area contributed by atoms with Crippen molar-refractivity contribution in [2.75, 3.05) is 0 Å². The Bertz CT molecular complexity index is 127. The predicted molar refractivity (Wildman–Crippen MR) is 31.4 cm³/mol. The molecule has 0 aliphatic rings. The third-order valence-corrected chi connectivity index (χ3v) is 0.302. The second-order valence-electron chi connectivity index (χ2n) is 1.25. The number of carboxylic acid groups (broad SMARTS) is 2. The zero-order valence-corrected chi connectivity index (χ0v) is 11.4. The molecule has 10 heteroatoms. The number of aliphatic carboxylic acids is 2. The van der Waals surface area contributed by atoms with E-state index in [2.05, 4.69) is 0 Å². The predicted octanol–water partition coefficient (Wildman–Crippen LogP) is -7.78. The first-order valence-corrected chi connectivity index (χ1v) is 2.27.